The molecule has 0 unspecified atom stereocenters. The minimum atomic E-state index is -2.56. The van der Waals surface area contributed by atoms with E-state index >= 15 is 0 Å². The van der Waals surface area contributed by atoms with E-state index in [0.29, 0.717) is 0 Å². The van der Waals surface area contributed by atoms with Crippen LogP contribution in [0.15, 0.2) is 72.8 Å². The Morgan fingerprint density at radius 2 is 0.795 bits per heavy atom. The standard InChI is InChI=1S/C39H51Si.3ClH.Ti/c1-8-11-14-33-17-23-36(24-18-33)40(39-31(6)29(4)30(5)32(39)7,37-25-19-34(20-26-37)15-12-9-2)38-27-21-35(22-28-38)16-13-10-3;;;;/h17-28H,8-16H2,1-7H3;3*1H;/q-1;;;;+4/p-3. The molecule has 44 heavy (non-hydrogen) atoms. The Morgan fingerprint density at radius 1 is 0.500 bits per heavy atom. The van der Waals surface area contributed by atoms with Gasteiger partial charge in [-0.3, -0.25) is 0 Å². The molecule has 0 aromatic heterocycles. The number of benzene rings is 3. The van der Waals surface area contributed by atoms with Crippen molar-refractivity contribution in [3.05, 3.63) is 112 Å². The number of hydrogen-bond donors (Lipinski definition) is 0. The van der Waals surface area contributed by atoms with Crippen LogP contribution in [-0.2, 0) is 41.0 Å². The van der Waals surface area contributed by atoms with Crippen LogP contribution in [0.5, 0.6) is 0 Å². The molecule has 0 aliphatic rings. The van der Waals surface area contributed by atoms with Gasteiger partial charge in [-0.05, 0) is 70.8 Å². The van der Waals surface area contributed by atoms with Crippen molar-refractivity contribution in [1.29, 1.82) is 0 Å². The number of hydrogen-bond acceptors (Lipinski definition) is 0. The first-order valence-electron chi connectivity index (χ1n) is 15.9. The van der Waals surface area contributed by atoms with Crippen molar-refractivity contribution in [2.75, 3.05) is 0 Å². The number of aryl methyl sites for hydroxylation is 3. The normalized spacial score (nSPS) is 10.7. The third-order valence-corrected chi connectivity index (χ3v) is 14.5. The molecular weight excluding hydrogens is 651 g/mol. The summed E-state index contributed by atoms with van der Waals surface area (Å²) < 4.78 is 0. The van der Waals surface area contributed by atoms with Gasteiger partial charge in [-0.15, -0.1) is 0 Å². The van der Waals surface area contributed by atoms with Gasteiger partial charge in [0, 0.05) is 0 Å². The second kappa shape index (κ2) is 20.1. The molecule has 0 aliphatic heterocycles. The Kier molecular flexibility index (Phi) is 19.6. The maximum Gasteiger partial charge on any atom is 4.00 e. The molecule has 4 aromatic carbocycles. The molecule has 4 rings (SSSR count). The van der Waals surface area contributed by atoms with Crippen molar-refractivity contribution >= 4 is 28.8 Å². The van der Waals surface area contributed by atoms with Crippen LogP contribution in [0.25, 0.3) is 0 Å². The van der Waals surface area contributed by atoms with Crippen molar-refractivity contribution in [1.82, 2.24) is 0 Å². The summed E-state index contributed by atoms with van der Waals surface area (Å²) in [5.74, 6) is 0. The van der Waals surface area contributed by atoms with Gasteiger partial charge in [0.2, 0.25) is 0 Å². The van der Waals surface area contributed by atoms with Gasteiger partial charge in [-0.1, -0.05) is 141 Å². The topological polar surface area (TPSA) is 0 Å². The Balaban J connectivity index is 0.00000462. The Morgan fingerprint density at radius 3 is 1.02 bits per heavy atom. The smallest absolute Gasteiger partial charge is 1.00 e. The summed E-state index contributed by atoms with van der Waals surface area (Å²) in [6.07, 6.45) is 10.9. The van der Waals surface area contributed by atoms with Gasteiger partial charge < -0.3 is 37.2 Å². The van der Waals surface area contributed by atoms with Gasteiger partial charge in [0.25, 0.3) is 0 Å². The van der Waals surface area contributed by atoms with E-state index in [4.69, 9.17) is 0 Å². The van der Waals surface area contributed by atoms with E-state index < -0.39 is 8.07 Å². The van der Waals surface area contributed by atoms with E-state index in [1.54, 1.807) is 5.19 Å². The zero-order valence-electron chi connectivity index (χ0n) is 27.9. The van der Waals surface area contributed by atoms with Crippen LogP contribution < -0.4 is 58.0 Å². The number of unbranched alkanes of at least 4 members (excludes halogenated alkanes) is 3. The molecule has 0 spiro atoms. The summed E-state index contributed by atoms with van der Waals surface area (Å²) in [4.78, 5) is 0. The predicted octanol–water partition coefficient (Wildman–Crippen LogP) is -0.946. The summed E-state index contributed by atoms with van der Waals surface area (Å²) >= 11 is 0. The monoisotopic (exact) mass is 700 g/mol. The van der Waals surface area contributed by atoms with Gasteiger partial charge in [0.1, 0.15) is 0 Å². The maximum absolute atomic E-state index is 2.56. The van der Waals surface area contributed by atoms with E-state index in [0.717, 1.165) is 19.3 Å². The summed E-state index contributed by atoms with van der Waals surface area (Å²) in [6.45, 7) is 16.3. The first kappa shape index (κ1) is 42.8. The van der Waals surface area contributed by atoms with Gasteiger partial charge in [0.15, 0.2) is 8.07 Å². The molecule has 0 radical (unpaired) electrons. The van der Waals surface area contributed by atoms with Gasteiger partial charge in [-0.25, -0.2) is 0 Å². The molecule has 5 heteroatoms. The van der Waals surface area contributed by atoms with E-state index in [-0.39, 0.29) is 58.9 Å². The largest absolute Gasteiger partial charge is 4.00 e. The second-order valence-corrected chi connectivity index (χ2v) is 15.8. The van der Waals surface area contributed by atoms with Crippen LogP contribution in [0, 0.1) is 27.7 Å². The molecule has 0 atom stereocenters. The molecule has 0 bridgehead atoms. The first-order valence-corrected chi connectivity index (χ1v) is 17.9. The first-order chi connectivity index (χ1) is 19.4. The molecule has 0 amide bonds. The van der Waals surface area contributed by atoms with Crippen molar-refractivity contribution in [3.63, 3.8) is 0 Å². The Bertz CT molecular complexity index is 1220. The molecule has 0 N–H and O–H groups in total. The second-order valence-electron chi connectivity index (χ2n) is 12.0. The fourth-order valence-electron chi connectivity index (χ4n) is 6.62. The Labute approximate surface area is 303 Å². The quantitative estimate of drug-likeness (QED) is 0.0960. The van der Waals surface area contributed by atoms with Crippen LogP contribution in [0.1, 0.15) is 98.2 Å². The molecule has 0 aliphatic carbocycles. The predicted molar refractivity (Wildman–Crippen MR) is 180 cm³/mol. The SMILES string of the molecule is CCCCc1ccc([Si](c2ccc(CCCC)cc2)(c2ccc(CCCC)cc2)c2c(C)c(C)c(C)[c-]2C)cc1.[Cl-].[Cl-].[Cl-].[Ti+4]. The third-order valence-electron chi connectivity index (χ3n) is 9.43. The molecule has 0 saturated heterocycles. The molecule has 0 nitrogen and oxygen atoms in total. The Hall–Kier alpha value is -1.19. The van der Waals surface area contributed by atoms with E-state index in [9.17, 15) is 0 Å². The van der Waals surface area contributed by atoms with Crippen LogP contribution in [0.2, 0.25) is 0 Å². The average Bonchev–Trinajstić information content (AvgIpc) is 3.18. The average molecular weight is 702 g/mol. The van der Waals surface area contributed by atoms with Crippen LogP contribution in [0.3, 0.4) is 0 Å². The summed E-state index contributed by atoms with van der Waals surface area (Å²) in [6, 6.07) is 29.5. The molecule has 0 fully saturated rings. The fourth-order valence-corrected chi connectivity index (χ4v) is 12.0. The molecule has 0 saturated carbocycles. The molecule has 4 aromatic rings. The van der Waals surface area contributed by atoms with Gasteiger partial charge in [-0.2, -0.15) is 27.4 Å². The molecule has 236 valence electrons. The van der Waals surface area contributed by atoms with Crippen molar-refractivity contribution < 1.29 is 58.9 Å². The summed E-state index contributed by atoms with van der Waals surface area (Å²) in [7, 11) is -2.56. The zero-order chi connectivity index (χ0) is 28.7. The minimum absolute atomic E-state index is 0. The summed E-state index contributed by atoms with van der Waals surface area (Å²) in [5, 5.41) is 6.12. The number of rotatable bonds is 13. The van der Waals surface area contributed by atoms with Gasteiger partial charge in [0.05, 0.1) is 0 Å². The minimum Gasteiger partial charge on any atom is -1.00 e. The summed E-state index contributed by atoms with van der Waals surface area (Å²) in [5.41, 5.74) is 10.3. The van der Waals surface area contributed by atoms with Crippen molar-refractivity contribution in [2.45, 2.75) is 106 Å². The molecule has 0 heterocycles. The van der Waals surface area contributed by atoms with Crippen molar-refractivity contribution in [3.8, 4) is 0 Å². The van der Waals surface area contributed by atoms with Crippen LogP contribution in [-0.4, -0.2) is 8.07 Å². The van der Waals surface area contributed by atoms with E-state index in [1.807, 2.05) is 0 Å². The maximum atomic E-state index is 2.49. The zero-order valence-corrected chi connectivity index (χ0v) is 32.8. The fraction of sp³-hybridized carbons (Fsp3) is 0.410. The van der Waals surface area contributed by atoms with Crippen molar-refractivity contribution in [2.24, 2.45) is 0 Å². The molecular formula is C39H51Cl3SiTi. The van der Waals surface area contributed by atoms with Crippen LogP contribution in [0.4, 0.5) is 0 Å². The van der Waals surface area contributed by atoms with E-state index in [1.165, 1.54) is 93.0 Å². The third kappa shape index (κ3) is 8.99. The number of halogens is 3. The van der Waals surface area contributed by atoms with Gasteiger partial charge >= 0.3 is 21.7 Å². The van der Waals surface area contributed by atoms with E-state index in [2.05, 4.69) is 121 Å². The van der Waals surface area contributed by atoms with Crippen LogP contribution >= 0.6 is 0 Å².